The number of halogens is 1. The van der Waals surface area contributed by atoms with Crippen LogP contribution in [-0.2, 0) is 4.79 Å². The maximum atomic E-state index is 11.2. The van der Waals surface area contributed by atoms with E-state index in [9.17, 15) is 9.59 Å². The van der Waals surface area contributed by atoms with Crippen molar-refractivity contribution in [1.82, 2.24) is 0 Å². The summed E-state index contributed by atoms with van der Waals surface area (Å²) < 4.78 is 5.69. The molecule has 0 spiro atoms. The van der Waals surface area contributed by atoms with E-state index in [0.717, 1.165) is 12.7 Å². The van der Waals surface area contributed by atoms with Gasteiger partial charge in [0.2, 0.25) is 0 Å². The summed E-state index contributed by atoms with van der Waals surface area (Å²) in [4.78, 5) is 21.7. The predicted octanol–water partition coefficient (Wildman–Crippen LogP) is 2.97. The van der Waals surface area contributed by atoms with Gasteiger partial charge in [0.15, 0.2) is 0 Å². The summed E-state index contributed by atoms with van der Waals surface area (Å²) in [6, 6.07) is 4.81. The van der Waals surface area contributed by atoms with Crippen LogP contribution in [0.15, 0.2) is 22.7 Å². The minimum Gasteiger partial charge on any atom is -0.425 e. The van der Waals surface area contributed by atoms with Crippen LogP contribution in [0.4, 0.5) is 0 Å². The number of rotatable bonds is 4. The molecule has 0 heterocycles. The molecule has 0 saturated heterocycles. The van der Waals surface area contributed by atoms with E-state index in [1.54, 1.807) is 18.2 Å². The Kier molecular flexibility index (Phi) is 4.49. The quantitative estimate of drug-likeness (QED) is 0.480. The van der Waals surface area contributed by atoms with Gasteiger partial charge in [-0.05, 0) is 40.5 Å². The highest BCUT2D eigenvalue weighted by Crippen LogP contribution is 2.25. The lowest BCUT2D eigenvalue weighted by molar-refractivity contribution is -0.134. The van der Waals surface area contributed by atoms with Crippen molar-refractivity contribution in [2.24, 2.45) is 0 Å². The van der Waals surface area contributed by atoms with Crippen molar-refractivity contribution in [2.75, 3.05) is 0 Å². The molecule has 0 unspecified atom stereocenters. The summed E-state index contributed by atoms with van der Waals surface area (Å²) in [5.41, 5.74) is 0.539. The van der Waals surface area contributed by atoms with Crippen LogP contribution in [0.5, 0.6) is 5.75 Å². The van der Waals surface area contributed by atoms with Gasteiger partial charge in [0.1, 0.15) is 12.0 Å². The van der Waals surface area contributed by atoms with Crippen LogP contribution in [0.2, 0.25) is 0 Å². The SMILES string of the molecule is CCCC(=O)Oc1ccc(C=O)cc1Br. The Bertz CT molecular complexity index is 374. The third-order valence-corrected chi connectivity index (χ3v) is 2.39. The molecule has 1 aromatic rings. The molecule has 1 rings (SSSR count). The van der Waals surface area contributed by atoms with Crippen molar-refractivity contribution < 1.29 is 14.3 Å². The largest absolute Gasteiger partial charge is 0.425 e. The predicted molar refractivity (Wildman–Crippen MR) is 60.1 cm³/mol. The van der Waals surface area contributed by atoms with Crippen LogP contribution in [0.1, 0.15) is 30.1 Å². The molecule has 0 saturated carbocycles. The van der Waals surface area contributed by atoms with Crippen LogP contribution >= 0.6 is 15.9 Å². The van der Waals surface area contributed by atoms with Gasteiger partial charge in [-0.3, -0.25) is 9.59 Å². The summed E-state index contributed by atoms with van der Waals surface area (Å²) in [7, 11) is 0. The van der Waals surface area contributed by atoms with Crippen molar-refractivity contribution in [2.45, 2.75) is 19.8 Å². The van der Waals surface area contributed by atoms with E-state index in [2.05, 4.69) is 15.9 Å². The Morgan fingerprint density at radius 1 is 1.53 bits per heavy atom. The first-order chi connectivity index (χ1) is 7.17. The van der Waals surface area contributed by atoms with Gasteiger partial charge < -0.3 is 4.74 Å². The summed E-state index contributed by atoms with van der Waals surface area (Å²) in [5, 5.41) is 0. The second kappa shape index (κ2) is 5.66. The summed E-state index contributed by atoms with van der Waals surface area (Å²) in [6.45, 7) is 1.91. The molecule has 3 nitrogen and oxygen atoms in total. The van der Waals surface area contributed by atoms with E-state index in [0.29, 0.717) is 22.2 Å². The van der Waals surface area contributed by atoms with Crippen LogP contribution in [0.25, 0.3) is 0 Å². The maximum absolute atomic E-state index is 11.2. The molecular formula is C11H11BrO3. The third-order valence-electron chi connectivity index (χ3n) is 1.77. The fourth-order valence-corrected chi connectivity index (χ4v) is 1.53. The minimum atomic E-state index is -0.267. The average Bonchev–Trinajstić information content (AvgIpc) is 2.21. The molecule has 0 bridgehead atoms. The molecule has 0 aromatic heterocycles. The second-order valence-corrected chi connectivity index (χ2v) is 3.89. The lowest BCUT2D eigenvalue weighted by Gasteiger charge is -2.05. The molecule has 0 N–H and O–H groups in total. The highest BCUT2D eigenvalue weighted by molar-refractivity contribution is 9.10. The number of aldehydes is 1. The monoisotopic (exact) mass is 270 g/mol. The summed E-state index contributed by atoms with van der Waals surface area (Å²) in [5.74, 6) is 0.177. The van der Waals surface area contributed by atoms with E-state index < -0.39 is 0 Å². The Hall–Kier alpha value is -1.16. The number of carbonyl (C=O) groups is 2. The zero-order valence-electron chi connectivity index (χ0n) is 8.33. The fourth-order valence-electron chi connectivity index (χ4n) is 1.05. The normalized spacial score (nSPS) is 9.73. The molecule has 80 valence electrons. The van der Waals surface area contributed by atoms with Gasteiger partial charge in [-0.15, -0.1) is 0 Å². The van der Waals surface area contributed by atoms with Gasteiger partial charge in [-0.25, -0.2) is 0 Å². The fraction of sp³-hybridized carbons (Fsp3) is 0.273. The zero-order chi connectivity index (χ0) is 11.3. The molecule has 0 fully saturated rings. The van der Waals surface area contributed by atoms with E-state index in [1.165, 1.54) is 0 Å². The van der Waals surface area contributed by atoms with E-state index in [1.807, 2.05) is 6.92 Å². The highest BCUT2D eigenvalue weighted by Gasteiger charge is 2.07. The van der Waals surface area contributed by atoms with Crippen LogP contribution in [0, 0.1) is 0 Å². The number of benzene rings is 1. The second-order valence-electron chi connectivity index (χ2n) is 3.03. The van der Waals surface area contributed by atoms with Gasteiger partial charge in [-0.1, -0.05) is 6.92 Å². The number of carbonyl (C=O) groups excluding carboxylic acids is 2. The van der Waals surface area contributed by atoms with Gasteiger partial charge in [0, 0.05) is 12.0 Å². The van der Waals surface area contributed by atoms with Crippen molar-refractivity contribution in [3.05, 3.63) is 28.2 Å². The lowest BCUT2D eigenvalue weighted by Crippen LogP contribution is -2.07. The number of ether oxygens (including phenoxy) is 1. The standard InChI is InChI=1S/C11H11BrO3/c1-2-3-11(14)15-10-5-4-8(7-13)6-9(10)12/h4-7H,2-3H2,1H3. The first-order valence-corrected chi connectivity index (χ1v) is 5.42. The Balaban J connectivity index is 2.78. The number of hydrogen-bond acceptors (Lipinski definition) is 3. The molecule has 0 atom stereocenters. The van der Waals surface area contributed by atoms with Crippen LogP contribution < -0.4 is 4.74 Å². The highest BCUT2D eigenvalue weighted by atomic mass is 79.9. The smallest absolute Gasteiger partial charge is 0.311 e. The Morgan fingerprint density at radius 2 is 2.27 bits per heavy atom. The minimum absolute atomic E-state index is 0.267. The molecule has 4 heteroatoms. The van der Waals surface area contributed by atoms with Gasteiger partial charge in [0.05, 0.1) is 4.47 Å². The van der Waals surface area contributed by atoms with Crippen molar-refractivity contribution in [3.8, 4) is 5.75 Å². The third kappa shape index (κ3) is 3.47. The maximum Gasteiger partial charge on any atom is 0.311 e. The Morgan fingerprint density at radius 3 is 2.80 bits per heavy atom. The topological polar surface area (TPSA) is 43.4 Å². The molecule has 0 aliphatic heterocycles. The van der Waals surface area contributed by atoms with Crippen LogP contribution in [0.3, 0.4) is 0 Å². The Labute approximate surface area is 96.6 Å². The van der Waals surface area contributed by atoms with Crippen molar-refractivity contribution >= 4 is 28.2 Å². The lowest BCUT2D eigenvalue weighted by atomic mass is 10.2. The number of hydrogen-bond donors (Lipinski definition) is 0. The molecule has 0 aliphatic rings. The zero-order valence-corrected chi connectivity index (χ0v) is 9.91. The first-order valence-electron chi connectivity index (χ1n) is 4.62. The van der Waals surface area contributed by atoms with E-state index >= 15 is 0 Å². The number of esters is 1. The van der Waals surface area contributed by atoms with Crippen molar-refractivity contribution in [1.29, 1.82) is 0 Å². The average molecular weight is 271 g/mol. The molecule has 0 aliphatic carbocycles. The molecule has 15 heavy (non-hydrogen) atoms. The van der Waals surface area contributed by atoms with Crippen LogP contribution in [-0.4, -0.2) is 12.3 Å². The first kappa shape index (κ1) is 11.9. The van der Waals surface area contributed by atoms with E-state index in [-0.39, 0.29) is 5.97 Å². The summed E-state index contributed by atoms with van der Waals surface area (Å²) >= 11 is 3.23. The van der Waals surface area contributed by atoms with Crippen molar-refractivity contribution in [3.63, 3.8) is 0 Å². The summed E-state index contributed by atoms with van der Waals surface area (Å²) in [6.07, 6.45) is 1.88. The molecule has 1 aromatic carbocycles. The van der Waals surface area contributed by atoms with Gasteiger partial charge in [0.25, 0.3) is 0 Å². The van der Waals surface area contributed by atoms with E-state index in [4.69, 9.17) is 4.74 Å². The molecule has 0 radical (unpaired) electrons. The van der Waals surface area contributed by atoms with Gasteiger partial charge in [-0.2, -0.15) is 0 Å². The van der Waals surface area contributed by atoms with Gasteiger partial charge >= 0.3 is 5.97 Å². The molecule has 0 amide bonds. The molecular weight excluding hydrogens is 260 g/mol.